The van der Waals surface area contributed by atoms with Crippen LogP contribution in [0.25, 0.3) is 0 Å². The molecule has 1 aromatic rings. The number of hydrogen-bond donors (Lipinski definition) is 1. The number of benzene rings is 1. The second-order valence-electron chi connectivity index (χ2n) is 3.44. The Bertz CT molecular complexity index is 364. The molecule has 1 rings (SSSR count). The Morgan fingerprint density at radius 3 is 2.20 bits per heavy atom. The van der Waals surface area contributed by atoms with Crippen LogP contribution in [0.2, 0.25) is 0 Å². The lowest BCUT2D eigenvalue weighted by Crippen LogP contribution is -2.10. The van der Waals surface area contributed by atoms with E-state index in [2.05, 4.69) is 15.9 Å². The van der Waals surface area contributed by atoms with E-state index in [9.17, 15) is 0 Å². The molecule has 0 aliphatic heterocycles. The van der Waals surface area contributed by atoms with Crippen LogP contribution >= 0.6 is 15.9 Å². The topological polar surface area (TPSA) is 44.5 Å². The molecule has 0 heterocycles. The number of methoxy groups -OCH3 is 2. The number of hydrogen-bond acceptors (Lipinski definition) is 3. The van der Waals surface area contributed by atoms with Gasteiger partial charge in [0.2, 0.25) is 0 Å². The predicted molar refractivity (Wildman–Crippen MR) is 64.6 cm³/mol. The number of nitrogens with two attached hydrogens (primary N) is 1. The first-order valence-corrected chi connectivity index (χ1v) is 5.48. The molecule has 0 amide bonds. The van der Waals surface area contributed by atoms with Crippen molar-refractivity contribution in [2.45, 2.75) is 19.9 Å². The predicted octanol–water partition coefficient (Wildman–Crippen LogP) is 2.79. The van der Waals surface area contributed by atoms with E-state index >= 15 is 0 Å². The summed E-state index contributed by atoms with van der Waals surface area (Å²) in [6.07, 6.45) is 0. The molecule has 15 heavy (non-hydrogen) atoms. The molecule has 0 saturated carbocycles. The molecule has 4 heteroatoms. The van der Waals surface area contributed by atoms with Gasteiger partial charge in [0.15, 0.2) is 11.5 Å². The van der Waals surface area contributed by atoms with Crippen molar-refractivity contribution in [1.29, 1.82) is 0 Å². The first-order valence-electron chi connectivity index (χ1n) is 4.69. The Labute approximate surface area is 98.7 Å². The zero-order chi connectivity index (χ0) is 11.6. The minimum atomic E-state index is -0.0815. The molecule has 0 aliphatic rings. The SMILES string of the molecule is COc1c(Br)cc(C)c(C(C)N)c1OC. The largest absolute Gasteiger partial charge is 0.492 e. The summed E-state index contributed by atoms with van der Waals surface area (Å²) < 4.78 is 11.5. The van der Waals surface area contributed by atoms with Crippen molar-refractivity contribution in [1.82, 2.24) is 0 Å². The van der Waals surface area contributed by atoms with Gasteiger partial charge in [0, 0.05) is 11.6 Å². The van der Waals surface area contributed by atoms with Crippen molar-refractivity contribution in [3.05, 3.63) is 21.7 Å². The van der Waals surface area contributed by atoms with Crippen LogP contribution in [0.5, 0.6) is 11.5 Å². The van der Waals surface area contributed by atoms with Crippen molar-refractivity contribution in [2.24, 2.45) is 5.73 Å². The number of halogens is 1. The molecule has 0 bridgehead atoms. The first kappa shape index (κ1) is 12.3. The van der Waals surface area contributed by atoms with E-state index in [1.54, 1.807) is 14.2 Å². The van der Waals surface area contributed by atoms with Crippen molar-refractivity contribution in [3.63, 3.8) is 0 Å². The lowest BCUT2D eigenvalue weighted by atomic mass is 10.0. The first-order chi connectivity index (χ1) is 7.02. The lowest BCUT2D eigenvalue weighted by molar-refractivity contribution is 0.348. The van der Waals surface area contributed by atoms with Crippen LogP contribution in [-0.2, 0) is 0 Å². The third-order valence-electron chi connectivity index (χ3n) is 2.30. The third kappa shape index (κ3) is 2.26. The van der Waals surface area contributed by atoms with Gasteiger partial charge in [0.25, 0.3) is 0 Å². The second kappa shape index (κ2) is 4.86. The highest BCUT2D eigenvalue weighted by Gasteiger charge is 2.18. The van der Waals surface area contributed by atoms with Crippen LogP contribution in [0.1, 0.15) is 24.1 Å². The van der Waals surface area contributed by atoms with E-state index in [-0.39, 0.29) is 6.04 Å². The molecular formula is C11H16BrNO2. The molecule has 0 saturated heterocycles. The van der Waals surface area contributed by atoms with E-state index in [1.807, 2.05) is 19.9 Å². The highest BCUT2D eigenvalue weighted by atomic mass is 79.9. The van der Waals surface area contributed by atoms with Crippen molar-refractivity contribution in [3.8, 4) is 11.5 Å². The highest BCUT2D eigenvalue weighted by Crippen LogP contribution is 2.41. The summed E-state index contributed by atoms with van der Waals surface area (Å²) in [5, 5.41) is 0. The molecule has 1 aromatic carbocycles. The molecule has 0 spiro atoms. The van der Waals surface area contributed by atoms with E-state index in [4.69, 9.17) is 15.2 Å². The molecule has 0 radical (unpaired) electrons. The standard InChI is InChI=1S/C11H16BrNO2/c1-6-5-8(12)10(14-3)11(15-4)9(6)7(2)13/h5,7H,13H2,1-4H3. The summed E-state index contributed by atoms with van der Waals surface area (Å²) >= 11 is 3.44. The van der Waals surface area contributed by atoms with Crippen molar-refractivity contribution < 1.29 is 9.47 Å². The molecule has 3 nitrogen and oxygen atoms in total. The van der Waals surface area contributed by atoms with Crippen molar-refractivity contribution >= 4 is 15.9 Å². The van der Waals surface area contributed by atoms with Crippen LogP contribution < -0.4 is 15.2 Å². The van der Waals surface area contributed by atoms with Gasteiger partial charge in [-0.2, -0.15) is 0 Å². The Morgan fingerprint density at radius 1 is 1.27 bits per heavy atom. The maximum atomic E-state index is 5.91. The van der Waals surface area contributed by atoms with Gasteiger partial charge in [-0.25, -0.2) is 0 Å². The molecule has 84 valence electrons. The van der Waals surface area contributed by atoms with E-state index < -0.39 is 0 Å². The molecule has 0 fully saturated rings. The summed E-state index contributed by atoms with van der Waals surface area (Å²) in [6, 6.07) is 1.90. The van der Waals surface area contributed by atoms with Crippen LogP contribution in [0.4, 0.5) is 0 Å². The highest BCUT2D eigenvalue weighted by molar-refractivity contribution is 9.10. The maximum absolute atomic E-state index is 5.91. The second-order valence-corrected chi connectivity index (χ2v) is 4.30. The number of aryl methyl sites for hydroxylation is 1. The van der Waals surface area contributed by atoms with Crippen molar-refractivity contribution in [2.75, 3.05) is 14.2 Å². The quantitative estimate of drug-likeness (QED) is 0.921. The van der Waals surface area contributed by atoms with E-state index in [0.717, 1.165) is 15.6 Å². The lowest BCUT2D eigenvalue weighted by Gasteiger charge is -2.18. The van der Waals surface area contributed by atoms with Crippen LogP contribution in [0.3, 0.4) is 0 Å². The fourth-order valence-corrected chi connectivity index (χ4v) is 2.39. The fourth-order valence-electron chi connectivity index (χ4n) is 1.70. The number of rotatable bonds is 3. The van der Waals surface area contributed by atoms with E-state index in [0.29, 0.717) is 11.5 Å². The van der Waals surface area contributed by atoms with Crippen LogP contribution in [-0.4, -0.2) is 14.2 Å². The fraction of sp³-hybridized carbons (Fsp3) is 0.455. The smallest absolute Gasteiger partial charge is 0.175 e. The van der Waals surface area contributed by atoms with Crippen LogP contribution in [0.15, 0.2) is 10.5 Å². The van der Waals surface area contributed by atoms with Gasteiger partial charge in [0.1, 0.15) is 0 Å². The third-order valence-corrected chi connectivity index (χ3v) is 2.89. The van der Waals surface area contributed by atoms with Gasteiger partial charge in [-0.05, 0) is 41.4 Å². The minimum Gasteiger partial charge on any atom is -0.492 e. The normalized spacial score (nSPS) is 12.4. The summed E-state index contributed by atoms with van der Waals surface area (Å²) in [5.74, 6) is 1.40. The molecule has 0 aliphatic carbocycles. The summed E-state index contributed by atoms with van der Waals surface area (Å²) in [5.41, 5.74) is 7.99. The molecule has 1 unspecified atom stereocenters. The van der Waals surface area contributed by atoms with E-state index in [1.165, 1.54) is 0 Å². The Hall–Kier alpha value is -0.740. The van der Waals surface area contributed by atoms with Gasteiger partial charge >= 0.3 is 0 Å². The average Bonchev–Trinajstić information content (AvgIpc) is 2.15. The number of ether oxygens (including phenoxy) is 2. The summed E-state index contributed by atoms with van der Waals surface area (Å²) in [4.78, 5) is 0. The van der Waals surface area contributed by atoms with Gasteiger partial charge < -0.3 is 15.2 Å². The molecule has 2 N–H and O–H groups in total. The Balaban J connectivity index is 3.49. The Morgan fingerprint density at radius 2 is 1.80 bits per heavy atom. The Kier molecular flexibility index (Phi) is 3.99. The van der Waals surface area contributed by atoms with Gasteiger partial charge in [-0.3, -0.25) is 0 Å². The monoisotopic (exact) mass is 273 g/mol. The zero-order valence-electron chi connectivity index (χ0n) is 9.43. The van der Waals surface area contributed by atoms with Gasteiger partial charge in [-0.15, -0.1) is 0 Å². The molecular weight excluding hydrogens is 258 g/mol. The zero-order valence-corrected chi connectivity index (χ0v) is 11.0. The van der Waals surface area contributed by atoms with Gasteiger partial charge in [0.05, 0.1) is 18.7 Å². The molecule has 1 atom stereocenters. The van der Waals surface area contributed by atoms with Gasteiger partial charge in [-0.1, -0.05) is 0 Å². The average molecular weight is 274 g/mol. The van der Waals surface area contributed by atoms with Crippen LogP contribution in [0, 0.1) is 6.92 Å². The molecule has 0 aromatic heterocycles. The summed E-state index contributed by atoms with van der Waals surface area (Å²) in [6.45, 7) is 3.93. The minimum absolute atomic E-state index is 0.0815. The summed E-state index contributed by atoms with van der Waals surface area (Å²) in [7, 11) is 3.23. The maximum Gasteiger partial charge on any atom is 0.175 e.